The Labute approximate surface area is 121 Å². The third-order valence-corrected chi connectivity index (χ3v) is 2.96. The Balaban J connectivity index is 1.95. The molecular weight excluding hydrogens is 279 g/mol. The fraction of sp³-hybridized carbons (Fsp3) is 0.250. The van der Waals surface area contributed by atoms with Crippen molar-refractivity contribution in [3.8, 4) is 5.75 Å². The normalized spacial score (nSPS) is 11.4. The standard InChI is InChI=1S/C16H16F3NO/c1-12-6-8-13(9-7-12)10-20-11-14-4-2-3-5-15(14)21-16(17,18)19/h2-9,20H,10-11H2,1H3. The molecule has 2 rings (SSSR count). The molecule has 1 N–H and O–H groups in total. The number of halogens is 3. The lowest BCUT2D eigenvalue weighted by atomic mass is 10.1. The maximum atomic E-state index is 12.3. The van der Waals surface area contributed by atoms with Gasteiger partial charge in [0.05, 0.1) is 0 Å². The molecule has 0 saturated carbocycles. The van der Waals surface area contributed by atoms with Crippen LogP contribution in [-0.2, 0) is 13.1 Å². The lowest BCUT2D eigenvalue weighted by Gasteiger charge is -2.13. The average molecular weight is 295 g/mol. The highest BCUT2D eigenvalue weighted by Gasteiger charge is 2.31. The maximum Gasteiger partial charge on any atom is 0.573 e. The molecule has 0 radical (unpaired) electrons. The van der Waals surface area contributed by atoms with E-state index in [9.17, 15) is 13.2 Å². The van der Waals surface area contributed by atoms with Crippen LogP contribution in [0, 0.1) is 6.92 Å². The summed E-state index contributed by atoms with van der Waals surface area (Å²) in [7, 11) is 0. The number of hydrogen-bond donors (Lipinski definition) is 1. The topological polar surface area (TPSA) is 21.3 Å². The van der Waals surface area contributed by atoms with Gasteiger partial charge in [-0.1, -0.05) is 48.0 Å². The van der Waals surface area contributed by atoms with Gasteiger partial charge in [-0.3, -0.25) is 0 Å². The summed E-state index contributed by atoms with van der Waals surface area (Å²) in [5, 5.41) is 3.12. The molecule has 0 saturated heterocycles. The first kappa shape index (κ1) is 15.4. The number of benzene rings is 2. The summed E-state index contributed by atoms with van der Waals surface area (Å²) in [6, 6.07) is 14.1. The van der Waals surface area contributed by atoms with E-state index in [2.05, 4.69) is 10.1 Å². The van der Waals surface area contributed by atoms with E-state index < -0.39 is 6.36 Å². The fourth-order valence-electron chi connectivity index (χ4n) is 1.92. The van der Waals surface area contributed by atoms with Gasteiger partial charge < -0.3 is 10.1 Å². The highest BCUT2D eigenvalue weighted by molar-refractivity contribution is 5.33. The van der Waals surface area contributed by atoms with E-state index in [1.54, 1.807) is 12.1 Å². The summed E-state index contributed by atoms with van der Waals surface area (Å²) in [5.74, 6) is -0.165. The van der Waals surface area contributed by atoms with Crippen LogP contribution in [-0.4, -0.2) is 6.36 Å². The van der Waals surface area contributed by atoms with Crippen LogP contribution in [0.25, 0.3) is 0 Å². The van der Waals surface area contributed by atoms with Gasteiger partial charge in [-0.25, -0.2) is 0 Å². The van der Waals surface area contributed by atoms with Crippen molar-refractivity contribution in [3.05, 3.63) is 65.2 Å². The predicted octanol–water partition coefficient (Wildman–Crippen LogP) is 4.18. The third-order valence-electron chi connectivity index (χ3n) is 2.96. The second-order valence-corrected chi connectivity index (χ2v) is 4.74. The molecule has 2 nitrogen and oxygen atoms in total. The molecule has 0 spiro atoms. The number of rotatable bonds is 5. The van der Waals surface area contributed by atoms with Crippen LogP contribution in [0.4, 0.5) is 13.2 Å². The smallest absolute Gasteiger partial charge is 0.405 e. The van der Waals surface area contributed by atoms with E-state index in [-0.39, 0.29) is 5.75 Å². The molecule has 0 unspecified atom stereocenters. The van der Waals surface area contributed by atoms with E-state index in [1.165, 1.54) is 17.7 Å². The second kappa shape index (κ2) is 6.63. The number of hydrogen-bond acceptors (Lipinski definition) is 2. The number of alkyl halides is 3. The Morgan fingerprint density at radius 2 is 1.62 bits per heavy atom. The minimum atomic E-state index is -4.67. The van der Waals surface area contributed by atoms with Gasteiger partial charge >= 0.3 is 6.36 Å². The molecule has 2 aromatic rings. The number of nitrogens with one attached hydrogen (secondary N) is 1. The largest absolute Gasteiger partial charge is 0.573 e. The van der Waals surface area contributed by atoms with Crippen molar-refractivity contribution in [2.45, 2.75) is 26.4 Å². The molecule has 0 heterocycles. The predicted molar refractivity (Wildman–Crippen MR) is 74.8 cm³/mol. The summed E-state index contributed by atoms with van der Waals surface area (Å²) in [6.45, 7) is 2.89. The average Bonchev–Trinajstić information content (AvgIpc) is 2.41. The highest BCUT2D eigenvalue weighted by atomic mass is 19.4. The first-order valence-electron chi connectivity index (χ1n) is 6.54. The van der Waals surface area contributed by atoms with Crippen LogP contribution >= 0.6 is 0 Å². The van der Waals surface area contributed by atoms with E-state index in [1.807, 2.05) is 31.2 Å². The van der Waals surface area contributed by atoms with Crippen molar-refractivity contribution in [3.63, 3.8) is 0 Å². The molecule has 2 aromatic carbocycles. The Kier molecular flexibility index (Phi) is 4.85. The SMILES string of the molecule is Cc1ccc(CNCc2ccccc2OC(F)(F)F)cc1. The monoisotopic (exact) mass is 295 g/mol. The quantitative estimate of drug-likeness (QED) is 0.893. The summed E-state index contributed by atoms with van der Waals surface area (Å²) in [4.78, 5) is 0. The van der Waals surface area contributed by atoms with Crippen molar-refractivity contribution in [2.24, 2.45) is 0 Å². The Morgan fingerprint density at radius 1 is 0.952 bits per heavy atom. The molecule has 21 heavy (non-hydrogen) atoms. The van der Waals surface area contributed by atoms with Crippen LogP contribution in [0.2, 0.25) is 0 Å². The summed E-state index contributed by atoms with van der Waals surface area (Å²) in [6.07, 6.45) is -4.67. The van der Waals surface area contributed by atoms with E-state index >= 15 is 0 Å². The van der Waals surface area contributed by atoms with Crippen LogP contribution in [0.1, 0.15) is 16.7 Å². The van der Waals surface area contributed by atoms with Crippen molar-refractivity contribution in [1.82, 2.24) is 5.32 Å². The van der Waals surface area contributed by atoms with Gasteiger partial charge in [0.25, 0.3) is 0 Å². The minimum Gasteiger partial charge on any atom is -0.405 e. The molecular formula is C16H16F3NO. The van der Waals surface area contributed by atoms with Gasteiger partial charge in [0, 0.05) is 18.7 Å². The molecule has 112 valence electrons. The highest BCUT2D eigenvalue weighted by Crippen LogP contribution is 2.26. The van der Waals surface area contributed by atoms with E-state index in [4.69, 9.17) is 0 Å². The summed E-state index contributed by atoms with van der Waals surface area (Å²) in [5.41, 5.74) is 2.72. The maximum absolute atomic E-state index is 12.3. The lowest BCUT2D eigenvalue weighted by Crippen LogP contribution is -2.20. The van der Waals surface area contributed by atoms with Gasteiger partial charge in [-0.15, -0.1) is 13.2 Å². The Bertz CT molecular complexity index is 579. The van der Waals surface area contributed by atoms with Crippen LogP contribution in [0.5, 0.6) is 5.75 Å². The van der Waals surface area contributed by atoms with Crippen molar-refractivity contribution >= 4 is 0 Å². The van der Waals surface area contributed by atoms with E-state index in [0.29, 0.717) is 18.7 Å². The molecule has 0 aliphatic carbocycles. The summed E-state index contributed by atoms with van der Waals surface area (Å²) < 4.78 is 40.9. The molecule has 0 fully saturated rings. The molecule has 0 amide bonds. The molecule has 0 atom stereocenters. The zero-order chi connectivity index (χ0) is 15.3. The van der Waals surface area contributed by atoms with Crippen LogP contribution in [0.3, 0.4) is 0 Å². The van der Waals surface area contributed by atoms with Gasteiger partial charge in [0.15, 0.2) is 0 Å². The molecule has 0 aromatic heterocycles. The fourth-order valence-corrected chi connectivity index (χ4v) is 1.92. The van der Waals surface area contributed by atoms with Crippen molar-refractivity contribution in [2.75, 3.05) is 0 Å². The van der Waals surface area contributed by atoms with Crippen LogP contribution in [0.15, 0.2) is 48.5 Å². The summed E-state index contributed by atoms with van der Waals surface area (Å²) >= 11 is 0. The second-order valence-electron chi connectivity index (χ2n) is 4.74. The molecule has 0 aliphatic heterocycles. The van der Waals surface area contributed by atoms with Crippen LogP contribution < -0.4 is 10.1 Å². The zero-order valence-electron chi connectivity index (χ0n) is 11.6. The molecule has 0 bridgehead atoms. The van der Waals surface area contributed by atoms with Gasteiger partial charge in [-0.2, -0.15) is 0 Å². The van der Waals surface area contributed by atoms with Crippen molar-refractivity contribution < 1.29 is 17.9 Å². The Morgan fingerprint density at radius 3 is 2.29 bits per heavy atom. The first-order chi connectivity index (χ1) is 9.94. The molecule has 0 aliphatic rings. The van der Waals surface area contributed by atoms with E-state index in [0.717, 1.165) is 5.56 Å². The van der Waals surface area contributed by atoms with Gasteiger partial charge in [0.2, 0.25) is 0 Å². The molecule has 5 heteroatoms. The lowest BCUT2D eigenvalue weighted by molar-refractivity contribution is -0.274. The van der Waals surface area contributed by atoms with Gasteiger partial charge in [-0.05, 0) is 18.6 Å². The zero-order valence-corrected chi connectivity index (χ0v) is 11.6. The minimum absolute atomic E-state index is 0.165. The number of para-hydroxylation sites is 1. The number of aryl methyl sites for hydroxylation is 1. The van der Waals surface area contributed by atoms with Gasteiger partial charge in [0.1, 0.15) is 5.75 Å². The number of ether oxygens (including phenoxy) is 1. The van der Waals surface area contributed by atoms with Crippen molar-refractivity contribution in [1.29, 1.82) is 0 Å². The first-order valence-corrected chi connectivity index (χ1v) is 6.54. The Hall–Kier alpha value is -2.01. The third kappa shape index (κ3) is 5.11.